The van der Waals surface area contributed by atoms with Crippen molar-refractivity contribution < 1.29 is 13.2 Å². The van der Waals surface area contributed by atoms with E-state index in [2.05, 4.69) is 28.8 Å². The average Bonchev–Trinajstić information content (AvgIpc) is 3.28. The summed E-state index contributed by atoms with van der Waals surface area (Å²) in [7, 11) is -4.06. The second-order valence-corrected chi connectivity index (χ2v) is 9.34. The molecule has 0 bridgehead atoms. The first-order valence-electron chi connectivity index (χ1n) is 9.80. The number of ketones is 1. The van der Waals surface area contributed by atoms with E-state index in [1.807, 2.05) is 6.07 Å². The van der Waals surface area contributed by atoms with E-state index in [0.29, 0.717) is 27.8 Å². The summed E-state index contributed by atoms with van der Waals surface area (Å²) >= 11 is 0.940. The summed E-state index contributed by atoms with van der Waals surface area (Å²) in [6.45, 7) is 1.47. The predicted molar refractivity (Wildman–Crippen MR) is 127 cm³/mol. The van der Waals surface area contributed by atoms with Gasteiger partial charge in [-0.1, -0.05) is 30.3 Å². The third kappa shape index (κ3) is 4.11. The van der Waals surface area contributed by atoms with Crippen molar-refractivity contribution in [1.29, 1.82) is 0 Å². The van der Waals surface area contributed by atoms with Crippen molar-refractivity contribution in [2.45, 2.75) is 11.8 Å². The Morgan fingerprint density at radius 1 is 0.848 bits per heavy atom. The van der Waals surface area contributed by atoms with Crippen molar-refractivity contribution in [1.82, 2.24) is 18.7 Å². The number of benzene rings is 3. The minimum absolute atomic E-state index is 0.00626. The summed E-state index contributed by atoms with van der Waals surface area (Å²) in [6.07, 6.45) is 0. The summed E-state index contributed by atoms with van der Waals surface area (Å²) < 4.78 is 37.3. The van der Waals surface area contributed by atoms with Gasteiger partial charge in [-0.3, -0.25) is 9.52 Å². The van der Waals surface area contributed by atoms with E-state index < -0.39 is 10.0 Å². The van der Waals surface area contributed by atoms with Crippen LogP contribution >= 0.6 is 11.7 Å². The first kappa shape index (κ1) is 20.9. The zero-order chi connectivity index (χ0) is 23.0. The molecule has 2 N–H and O–H groups in total. The summed E-state index contributed by atoms with van der Waals surface area (Å²) in [6, 6.07) is 18.7. The molecule has 0 spiro atoms. The zero-order valence-corrected chi connectivity index (χ0v) is 18.8. The summed E-state index contributed by atoms with van der Waals surface area (Å²) in [4.78, 5) is 20.8. The Morgan fingerprint density at radius 2 is 1.55 bits per heavy atom. The molecule has 0 radical (unpaired) electrons. The number of carbonyl (C=O) groups is 1. The number of nitrogens with zero attached hydrogens (tertiary/aromatic N) is 4. The number of hydrogen-bond acceptors (Lipinski definition) is 9. The van der Waals surface area contributed by atoms with Gasteiger partial charge in [-0.2, -0.15) is 8.75 Å². The normalized spacial score (nSPS) is 11.5. The third-order valence-corrected chi connectivity index (χ3v) is 6.79. The predicted octanol–water partition coefficient (Wildman–Crippen LogP) is 4.38. The molecule has 0 unspecified atom stereocenters. The lowest BCUT2D eigenvalue weighted by Gasteiger charge is -2.14. The van der Waals surface area contributed by atoms with Crippen LogP contribution in [0.3, 0.4) is 0 Å². The largest absolute Gasteiger partial charge is 0.337 e. The molecule has 0 fully saturated rings. The maximum atomic E-state index is 13.3. The van der Waals surface area contributed by atoms with Crippen LogP contribution < -0.4 is 10.0 Å². The molecule has 2 heterocycles. The molecule has 2 aromatic heterocycles. The molecule has 0 aliphatic rings. The number of para-hydroxylation sites is 2. The molecule has 11 heteroatoms. The fraction of sp³-hybridized carbons (Fsp3) is 0.0455. The van der Waals surface area contributed by atoms with Crippen LogP contribution in [-0.2, 0) is 10.0 Å². The van der Waals surface area contributed by atoms with E-state index in [1.54, 1.807) is 54.6 Å². The van der Waals surface area contributed by atoms with Crippen LogP contribution in [0.5, 0.6) is 0 Å². The minimum atomic E-state index is -4.06. The van der Waals surface area contributed by atoms with Gasteiger partial charge in [-0.05, 0) is 43.3 Å². The van der Waals surface area contributed by atoms with Crippen LogP contribution in [0.25, 0.3) is 22.1 Å². The Bertz CT molecular complexity index is 1630. The molecule has 5 rings (SSSR count). The lowest BCUT2D eigenvalue weighted by molar-refractivity contribution is 0.101. The van der Waals surface area contributed by atoms with E-state index in [-0.39, 0.29) is 27.8 Å². The Kier molecular flexibility index (Phi) is 5.19. The number of rotatable bonds is 6. The molecule has 33 heavy (non-hydrogen) atoms. The smallest absolute Gasteiger partial charge is 0.265 e. The van der Waals surface area contributed by atoms with Crippen molar-refractivity contribution in [3.8, 4) is 0 Å². The number of nitrogens with one attached hydrogen (secondary N) is 2. The fourth-order valence-corrected chi connectivity index (χ4v) is 5.07. The number of anilines is 3. The molecule has 0 amide bonds. The van der Waals surface area contributed by atoms with E-state index in [0.717, 1.165) is 11.7 Å². The Hall–Kier alpha value is -3.96. The van der Waals surface area contributed by atoms with Crippen LogP contribution in [0.1, 0.15) is 17.3 Å². The Balaban J connectivity index is 1.60. The summed E-state index contributed by atoms with van der Waals surface area (Å²) in [5.74, 6) is 0.123. The SMILES string of the molecule is CC(=O)c1cccc(Nc2nc3ccccc3nc2NS(=O)(=O)c2cccc3nsnc23)c1. The highest BCUT2D eigenvalue weighted by Crippen LogP contribution is 2.29. The first-order chi connectivity index (χ1) is 15.9. The number of hydrogen-bond donors (Lipinski definition) is 2. The quantitative estimate of drug-likeness (QED) is 0.346. The van der Waals surface area contributed by atoms with Crippen molar-refractivity contribution >= 4 is 66.9 Å². The number of fused-ring (bicyclic) bond motifs is 2. The highest BCUT2D eigenvalue weighted by molar-refractivity contribution is 7.93. The monoisotopic (exact) mass is 476 g/mol. The van der Waals surface area contributed by atoms with Crippen molar-refractivity contribution in [3.63, 3.8) is 0 Å². The van der Waals surface area contributed by atoms with Gasteiger partial charge in [0.25, 0.3) is 10.0 Å². The highest BCUT2D eigenvalue weighted by Gasteiger charge is 2.23. The number of carbonyl (C=O) groups excluding carboxylic acids is 1. The Morgan fingerprint density at radius 3 is 2.30 bits per heavy atom. The summed E-state index contributed by atoms with van der Waals surface area (Å²) in [5, 5.41) is 3.09. The van der Waals surface area contributed by atoms with Crippen LogP contribution in [0.15, 0.2) is 71.6 Å². The average molecular weight is 477 g/mol. The standard InChI is InChI=1S/C22H16N6O3S2/c1-13(29)14-6-4-7-15(12-14)23-21-22(25-17-9-3-2-8-16(17)24-21)28-33(30,31)19-11-5-10-18-20(19)27-32-26-18/h2-12H,1H3,(H,23,24)(H,25,28). The first-order valence-corrected chi connectivity index (χ1v) is 12.0. The van der Waals surface area contributed by atoms with E-state index in [9.17, 15) is 13.2 Å². The molecule has 5 aromatic rings. The van der Waals surface area contributed by atoms with Crippen LogP contribution in [0, 0.1) is 0 Å². The number of sulfonamides is 1. The number of aromatic nitrogens is 4. The van der Waals surface area contributed by atoms with Gasteiger partial charge in [0.15, 0.2) is 17.4 Å². The van der Waals surface area contributed by atoms with Gasteiger partial charge in [0, 0.05) is 11.3 Å². The molecule has 0 aliphatic carbocycles. The second-order valence-electron chi connectivity index (χ2n) is 7.17. The van der Waals surface area contributed by atoms with Gasteiger partial charge < -0.3 is 5.32 Å². The van der Waals surface area contributed by atoms with Gasteiger partial charge >= 0.3 is 0 Å². The van der Waals surface area contributed by atoms with E-state index in [1.165, 1.54) is 13.0 Å². The number of Topliss-reactive ketones (excluding diaryl/α,β-unsaturated/α-hetero) is 1. The molecule has 0 saturated heterocycles. The maximum absolute atomic E-state index is 13.3. The summed E-state index contributed by atoms with van der Waals surface area (Å²) in [5.41, 5.74) is 2.96. The molecule has 164 valence electrons. The van der Waals surface area contributed by atoms with Gasteiger partial charge in [-0.25, -0.2) is 18.4 Å². The Labute approximate surface area is 192 Å². The van der Waals surface area contributed by atoms with Gasteiger partial charge in [0.2, 0.25) is 0 Å². The van der Waals surface area contributed by atoms with Gasteiger partial charge in [0.05, 0.1) is 22.8 Å². The zero-order valence-electron chi connectivity index (χ0n) is 17.2. The molecular weight excluding hydrogens is 460 g/mol. The third-order valence-electron chi connectivity index (χ3n) is 4.87. The van der Waals surface area contributed by atoms with Crippen LogP contribution in [0.4, 0.5) is 17.3 Å². The minimum Gasteiger partial charge on any atom is -0.337 e. The molecular formula is C22H16N6O3S2. The second kappa shape index (κ2) is 8.19. The highest BCUT2D eigenvalue weighted by atomic mass is 32.2. The van der Waals surface area contributed by atoms with Crippen molar-refractivity contribution in [3.05, 3.63) is 72.3 Å². The van der Waals surface area contributed by atoms with E-state index in [4.69, 9.17) is 0 Å². The molecule has 0 aliphatic heterocycles. The molecule has 3 aromatic carbocycles. The lowest BCUT2D eigenvalue weighted by Crippen LogP contribution is -2.16. The van der Waals surface area contributed by atoms with Crippen LogP contribution in [-0.4, -0.2) is 32.9 Å². The topological polar surface area (TPSA) is 127 Å². The van der Waals surface area contributed by atoms with Crippen LogP contribution in [0.2, 0.25) is 0 Å². The maximum Gasteiger partial charge on any atom is 0.265 e. The molecule has 0 saturated carbocycles. The lowest BCUT2D eigenvalue weighted by atomic mass is 10.1. The van der Waals surface area contributed by atoms with Crippen molar-refractivity contribution in [2.75, 3.05) is 10.0 Å². The van der Waals surface area contributed by atoms with Gasteiger partial charge in [-0.15, -0.1) is 0 Å². The molecule has 0 atom stereocenters. The fourth-order valence-electron chi connectivity index (χ4n) is 3.29. The van der Waals surface area contributed by atoms with Crippen molar-refractivity contribution in [2.24, 2.45) is 0 Å². The van der Waals surface area contributed by atoms with Gasteiger partial charge in [0.1, 0.15) is 15.9 Å². The van der Waals surface area contributed by atoms with E-state index >= 15 is 0 Å². The molecule has 9 nitrogen and oxygen atoms in total.